The summed E-state index contributed by atoms with van der Waals surface area (Å²) in [7, 11) is 0. The molecule has 0 aliphatic rings. The van der Waals surface area contributed by atoms with E-state index in [-0.39, 0.29) is 31.7 Å². The molecule has 209 valence electrons. The van der Waals surface area contributed by atoms with Crippen LogP contribution in [-0.2, 0) is 20.1 Å². The van der Waals surface area contributed by atoms with E-state index in [4.69, 9.17) is 9.90 Å². The van der Waals surface area contributed by atoms with Gasteiger partial charge in [-0.25, -0.2) is 0 Å². The average molecular weight is 726 g/mol. The number of hydrogen-bond donors (Lipinski definition) is 1. The standard InChI is InChI=1S/2C16H11FN.C2H4O2.Ir/c2*1-11-10-13(6-7-15(11)17)16-14-5-3-2-4-12(14)8-9-18-16;1-2(3)4;/h2*2-5,7-10H,1H3;1H3,(H,3,4);/q2*-1;;/p+1. The number of rotatable bonds is 2. The molecule has 1 radical (unpaired) electrons. The zero-order chi connectivity index (χ0) is 28.6. The Kier molecular flexibility index (Phi) is 10.9. The van der Waals surface area contributed by atoms with Crippen molar-refractivity contribution in [3.63, 3.8) is 0 Å². The van der Waals surface area contributed by atoms with Crippen LogP contribution in [0.2, 0.25) is 0 Å². The predicted molar refractivity (Wildman–Crippen MR) is 157 cm³/mol. The second-order valence-corrected chi connectivity index (χ2v) is 9.06. The van der Waals surface area contributed by atoms with E-state index in [2.05, 4.69) is 22.1 Å². The van der Waals surface area contributed by atoms with Crippen molar-refractivity contribution in [2.75, 3.05) is 0 Å². The number of aryl methyl sites for hydroxylation is 2. The number of aliphatic carboxylic acids is 1. The maximum Gasteiger partial charge on any atom is 0.477 e. The molecule has 0 atom stereocenters. The Labute approximate surface area is 251 Å². The Balaban J connectivity index is 0.000000196. The fourth-order valence-electron chi connectivity index (χ4n) is 4.11. The minimum Gasteiger partial charge on any atom is -0.339 e. The zero-order valence-corrected chi connectivity index (χ0v) is 25.0. The van der Waals surface area contributed by atoms with Crippen molar-refractivity contribution >= 4 is 27.5 Å². The van der Waals surface area contributed by atoms with Crippen LogP contribution in [-0.4, -0.2) is 25.8 Å². The van der Waals surface area contributed by atoms with E-state index in [0.717, 1.165) is 44.1 Å². The zero-order valence-electron chi connectivity index (χ0n) is 22.6. The van der Waals surface area contributed by atoms with Gasteiger partial charge < -0.3 is 19.9 Å². The number of carboxylic acid groups (broad SMARTS) is 1. The van der Waals surface area contributed by atoms with Gasteiger partial charge in [-0.3, -0.25) is 8.78 Å². The number of fused-ring (bicyclic) bond motifs is 2. The van der Waals surface area contributed by atoms with Crippen molar-refractivity contribution in [1.29, 1.82) is 0 Å². The second kappa shape index (κ2) is 14.4. The minimum absolute atomic E-state index is 0. The van der Waals surface area contributed by atoms with E-state index in [9.17, 15) is 8.78 Å². The number of halogens is 2. The van der Waals surface area contributed by atoms with Crippen molar-refractivity contribution < 1.29 is 38.8 Å². The van der Waals surface area contributed by atoms with E-state index in [0.29, 0.717) is 11.1 Å². The molecule has 0 aliphatic heterocycles. The summed E-state index contributed by atoms with van der Waals surface area (Å²) in [5, 5.41) is 11.9. The van der Waals surface area contributed by atoms with Crippen molar-refractivity contribution in [1.82, 2.24) is 9.97 Å². The molecule has 4 aromatic carbocycles. The molecular weight excluding hydrogens is 699 g/mol. The van der Waals surface area contributed by atoms with Crippen molar-refractivity contribution in [3.05, 3.63) is 132 Å². The van der Waals surface area contributed by atoms with E-state index in [1.807, 2.05) is 60.7 Å². The Bertz CT molecular complexity index is 1670. The molecule has 6 rings (SSSR count). The summed E-state index contributed by atoms with van der Waals surface area (Å²) in [6, 6.07) is 32.2. The molecule has 7 heteroatoms. The molecule has 0 saturated heterocycles. The minimum atomic E-state index is -0.583. The summed E-state index contributed by atoms with van der Waals surface area (Å²) < 4.78 is 26.6. The smallest absolute Gasteiger partial charge is 0.339 e. The molecule has 0 spiro atoms. The molecular formula is C34H27F2IrN2O2-. The summed E-state index contributed by atoms with van der Waals surface area (Å²) in [4.78, 5) is 16.3. The molecule has 0 amide bonds. The molecule has 2 N–H and O–H groups in total. The van der Waals surface area contributed by atoms with Gasteiger partial charge in [0.25, 0.3) is 0 Å². The third-order valence-electron chi connectivity index (χ3n) is 6.04. The van der Waals surface area contributed by atoms with Gasteiger partial charge in [0.05, 0.1) is 6.92 Å². The first-order valence-electron chi connectivity index (χ1n) is 12.5. The van der Waals surface area contributed by atoms with Crippen LogP contribution in [0, 0.1) is 37.6 Å². The van der Waals surface area contributed by atoms with Crippen LogP contribution in [0.1, 0.15) is 18.1 Å². The topological polar surface area (TPSA) is 67.4 Å². The van der Waals surface area contributed by atoms with Gasteiger partial charge in [-0.2, -0.15) is 0 Å². The molecule has 0 unspecified atom stereocenters. The van der Waals surface area contributed by atoms with Gasteiger partial charge in [0.2, 0.25) is 0 Å². The van der Waals surface area contributed by atoms with Crippen molar-refractivity contribution in [3.8, 4) is 22.5 Å². The molecule has 2 aromatic heterocycles. The summed E-state index contributed by atoms with van der Waals surface area (Å²) in [6.45, 7) is 4.69. The van der Waals surface area contributed by atoms with E-state index < -0.39 is 5.97 Å². The number of nitrogens with zero attached hydrogens (tertiary/aromatic N) is 2. The third-order valence-corrected chi connectivity index (χ3v) is 6.04. The summed E-state index contributed by atoms with van der Waals surface area (Å²) in [6.07, 6.45) is 3.54. The molecule has 4 nitrogen and oxygen atoms in total. The van der Waals surface area contributed by atoms with Crippen LogP contribution in [0.15, 0.2) is 97.3 Å². The molecule has 0 saturated carbocycles. The molecule has 6 aromatic rings. The van der Waals surface area contributed by atoms with Gasteiger partial charge in [0, 0.05) is 44.1 Å². The van der Waals surface area contributed by atoms with Gasteiger partial charge in [0.1, 0.15) is 0 Å². The largest absolute Gasteiger partial charge is 0.477 e. The number of aromatic nitrogens is 2. The van der Waals surface area contributed by atoms with Crippen molar-refractivity contribution in [2.45, 2.75) is 20.8 Å². The molecule has 0 fully saturated rings. The fraction of sp³-hybridized carbons (Fsp3) is 0.0882. The average Bonchev–Trinajstić information content (AvgIpc) is 2.95. The van der Waals surface area contributed by atoms with Crippen LogP contribution < -0.4 is 0 Å². The van der Waals surface area contributed by atoms with Crippen LogP contribution in [0.4, 0.5) is 8.78 Å². The Morgan fingerprint density at radius 1 is 0.707 bits per heavy atom. The normalized spacial score (nSPS) is 10.1. The van der Waals surface area contributed by atoms with Gasteiger partial charge >= 0.3 is 5.97 Å². The number of benzene rings is 4. The Hall–Kier alpha value is -4.32. The second-order valence-electron chi connectivity index (χ2n) is 9.06. The first-order valence-corrected chi connectivity index (χ1v) is 12.5. The first kappa shape index (κ1) is 31.2. The maximum absolute atomic E-state index is 13.3. The predicted octanol–water partition coefficient (Wildman–Crippen LogP) is 8.36. The van der Waals surface area contributed by atoms with Crippen molar-refractivity contribution in [2.24, 2.45) is 0 Å². The quantitative estimate of drug-likeness (QED) is 0.144. The number of carboxylic acids is 1. The Morgan fingerprint density at radius 3 is 1.44 bits per heavy atom. The summed E-state index contributed by atoms with van der Waals surface area (Å²) in [5.74, 6) is -1.06. The van der Waals surface area contributed by atoms with Crippen LogP contribution >= 0.6 is 0 Å². The van der Waals surface area contributed by atoms with E-state index >= 15 is 0 Å². The van der Waals surface area contributed by atoms with Gasteiger partial charge in [-0.05, 0) is 45.1 Å². The first-order chi connectivity index (χ1) is 19.2. The molecule has 2 heterocycles. The van der Waals surface area contributed by atoms with E-state index in [1.165, 1.54) is 19.1 Å². The van der Waals surface area contributed by atoms with Crippen LogP contribution in [0.25, 0.3) is 44.1 Å². The van der Waals surface area contributed by atoms with Gasteiger partial charge in [0.15, 0.2) is 0 Å². The third kappa shape index (κ3) is 7.88. The SMILES string of the molecule is CC(O)=[OH+].Cc1cc(-c2nccc3ccccc23)[c-]cc1F.Cc1cc(-c2nccc3ccccc23)[c-]cc1F.[Ir]. The Morgan fingerprint density at radius 2 is 1.07 bits per heavy atom. The molecule has 0 bridgehead atoms. The van der Waals surface area contributed by atoms with Gasteiger partial charge in [-0.1, -0.05) is 73.5 Å². The molecule has 0 aliphatic carbocycles. The van der Waals surface area contributed by atoms with E-state index in [1.54, 1.807) is 38.4 Å². The van der Waals surface area contributed by atoms with Crippen LogP contribution in [0.3, 0.4) is 0 Å². The fourth-order valence-corrected chi connectivity index (χ4v) is 4.11. The summed E-state index contributed by atoms with van der Waals surface area (Å²) >= 11 is 0. The van der Waals surface area contributed by atoms with Gasteiger partial charge in [-0.15, -0.1) is 47.5 Å². The number of hydrogen-bond acceptors (Lipinski definition) is 2. The van der Waals surface area contributed by atoms with Crippen LogP contribution in [0.5, 0.6) is 0 Å². The maximum atomic E-state index is 13.3. The number of pyridine rings is 2. The number of aliphatic hydroxyl groups excluding tert-OH is 1. The monoisotopic (exact) mass is 726 g/mol. The molecule has 41 heavy (non-hydrogen) atoms. The summed E-state index contributed by atoms with van der Waals surface area (Å²) in [5.41, 5.74) is 4.56.